The first-order chi connectivity index (χ1) is 8.13. The van der Waals surface area contributed by atoms with E-state index in [2.05, 4.69) is 36.3 Å². The Balaban J connectivity index is 1.82. The minimum absolute atomic E-state index is 0.195. The molecule has 0 amide bonds. The third-order valence-electron chi connectivity index (χ3n) is 4.28. The summed E-state index contributed by atoms with van der Waals surface area (Å²) in [6, 6.07) is 4.43. The molecule has 1 atom stereocenters. The second-order valence-corrected chi connectivity index (χ2v) is 6.57. The first-order valence-electron chi connectivity index (χ1n) is 6.64. The molecule has 3 heteroatoms. The largest absolute Gasteiger partial charge is 0.322 e. The fraction of sp³-hybridized carbons (Fsp3) is 0.714. The van der Waals surface area contributed by atoms with Gasteiger partial charge in [-0.3, -0.25) is 0 Å². The van der Waals surface area contributed by atoms with Gasteiger partial charge in [0, 0.05) is 11.4 Å². The molecule has 1 aliphatic rings. The summed E-state index contributed by atoms with van der Waals surface area (Å²) in [4.78, 5) is 3.84. The number of rotatable bonds is 4. The van der Waals surface area contributed by atoms with E-state index in [4.69, 9.17) is 5.73 Å². The van der Waals surface area contributed by atoms with Crippen LogP contribution in [-0.2, 0) is 0 Å². The van der Waals surface area contributed by atoms with Crippen molar-refractivity contribution in [1.82, 2.24) is 4.90 Å². The van der Waals surface area contributed by atoms with Crippen molar-refractivity contribution in [3.63, 3.8) is 0 Å². The van der Waals surface area contributed by atoms with Crippen LogP contribution >= 0.6 is 11.3 Å². The maximum absolute atomic E-state index is 6.24. The molecule has 0 saturated carbocycles. The molecule has 0 aromatic carbocycles. The predicted molar refractivity (Wildman–Crippen MR) is 75.3 cm³/mol. The molecular formula is C14H24N2S. The Kier molecular flexibility index (Phi) is 4.23. The van der Waals surface area contributed by atoms with Gasteiger partial charge < -0.3 is 10.6 Å². The van der Waals surface area contributed by atoms with Crippen molar-refractivity contribution in [2.75, 3.05) is 19.6 Å². The van der Waals surface area contributed by atoms with Crippen molar-refractivity contribution in [3.8, 4) is 0 Å². The van der Waals surface area contributed by atoms with Gasteiger partial charge >= 0.3 is 0 Å². The summed E-state index contributed by atoms with van der Waals surface area (Å²) >= 11 is 1.77. The van der Waals surface area contributed by atoms with Crippen LogP contribution in [0.2, 0.25) is 0 Å². The molecule has 0 aliphatic carbocycles. The highest BCUT2D eigenvalue weighted by atomic mass is 32.1. The maximum atomic E-state index is 6.24. The highest BCUT2D eigenvalue weighted by molar-refractivity contribution is 7.10. The van der Waals surface area contributed by atoms with Gasteiger partial charge in [0.1, 0.15) is 0 Å². The van der Waals surface area contributed by atoms with E-state index in [0.717, 1.165) is 6.54 Å². The topological polar surface area (TPSA) is 29.3 Å². The Bertz CT molecular complexity index is 326. The molecule has 1 unspecified atom stereocenters. The van der Waals surface area contributed by atoms with Crippen molar-refractivity contribution in [2.24, 2.45) is 11.1 Å². The predicted octanol–water partition coefficient (Wildman–Crippen LogP) is 3.26. The van der Waals surface area contributed by atoms with E-state index in [1.165, 1.54) is 37.2 Å². The molecule has 17 heavy (non-hydrogen) atoms. The molecule has 2 rings (SSSR count). The fourth-order valence-electron chi connectivity index (χ4n) is 2.50. The molecule has 1 aromatic heterocycles. The molecule has 0 spiro atoms. The van der Waals surface area contributed by atoms with Gasteiger partial charge in [0.15, 0.2) is 0 Å². The fourth-order valence-corrected chi connectivity index (χ4v) is 3.22. The van der Waals surface area contributed by atoms with Crippen LogP contribution in [-0.4, -0.2) is 24.5 Å². The molecule has 1 fully saturated rings. The molecule has 1 saturated heterocycles. The van der Waals surface area contributed by atoms with Crippen LogP contribution in [0.3, 0.4) is 0 Å². The van der Waals surface area contributed by atoms with Crippen LogP contribution in [0.25, 0.3) is 0 Å². The Morgan fingerprint density at radius 2 is 2.18 bits per heavy atom. The van der Waals surface area contributed by atoms with E-state index < -0.39 is 0 Å². The summed E-state index contributed by atoms with van der Waals surface area (Å²) in [7, 11) is 0. The van der Waals surface area contributed by atoms with Crippen molar-refractivity contribution >= 4 is 11.3 Å². The molecule has 1 aromatic rings. The summed E-state index contributed by atoms with van der Waals surface area (Å²) in [5, 5.41) is 2.11. The zero-order valence-corrected chi connectivity index (χ0v) is 11.8. The quantitative estimate of drug-likeness (QED) is 0.891. The van der Waals surface area contributed by atoms with E-state index in [-0.39, 0.29) is 6.04 Å². The van der Waals surface area contributed by atoms with Crippen LogP contribution < -0.4 is 5.73 Å². The van der Waals surface area contributed by atoms with E-state index in [1.54, 1.807) is 11.3 Å². The Labute approximate surface area is 109 Å². The van der Waals surface area contributed by atoms with E-state index >= 15 is 0 Å². The third kappa shape index (κ3) is 3.30. The van der Waals surface area contributed by atoms with Crippen LogP contribution in [0.4, 0.5) is 0 Å². The average Bonchev–Trinajstić information content (AvgIpc) is 2.86. The lowest BCUT2D eigenvalue weighted by Crippen LogP contribution is -2.41. The Hall–Kier alpha value is -0.380. The number of hydrogen-bond acceptors (Lipinski definition) is 3. The number of hydrogen-bond donors (Lipinski definition) is 1. The monoisotopic (exact) mass is 252 g/mol. The lowest BCUT2D eigenvalue weighted by atomic mass is 9.78. The van der Waals surface area contributed by atoms with Gasteiger partial charge in [-0.1, -0.05) is 26.3 Å². The zero-order chi connectivity index (χ0) is 12.3. The van der Waals surface area contributed by atoms with Crippen LogP contribution in [0, 0.1) is 5.41 Å². The lowest BCUT2D eigenvalue weighted by molar-refractivity contribution is 0.110. The molecule has 2 N–H and O–H groups in total. The molecular weight excluding hydrogens is 228 g/mol. The maximum Gasteiger partial charge on any atom is 0.0519 e. The smallest absolute Gasteiger partial charge is 0.0519 e. The van der Waals surface area contributed by atoms with Crippen molar-refractivity contribution in [1.29, 1.82) is 0 Å². The highest BCUT2D eigenvalue weighted by Crippen LogP contribution is 2.34. The van der Waals surface area contributed by atoms with Crippen molar-refractivity contribution in [2.45, 2.75) is 39.2 Å². The molecule has 2 heterocycles. The Morgan fingerprint density at radius 3 is 2.71 bits per heavy atom. The van der Waals surface area contributed by atoms with Crippen LogP contribution in [0.1, 0.15) is 44.0 Å². The molecule has 96 valence electrons. The summed E-state index contributed by atoms with van der Waals surface area (Å²) in [6.07, 6.45) is 3.94. The van der Waals surface area contributed by atoms with Crippen LogP contribution in [0.15, 0.2) is 17.5 Å². The van der Waals surface area contributed by atoms with Gasteiger partial charge in [0.05, 0.1) is 6.04 Å². The third-order valence-corrected chi connectivity index (χ3v) is 5.28. The van der Waals surface area contributed by atoms with Gasteiger partial charge in [-0.15, -0.1) is 11.3 Å². The second-order valence-electron chi connectivity index (χ2n) is 5.59. The molecule has 0 radical (unpaired) electrons. The van der Waals surface area contributed by atoms with Gasteiger partial charge in [-0.05, 0) is 42.8 Å². The summed E-state index contributed by atoms with van der Waals surface area (Å²) in [5.41, 5.74) is 6.81. The lowest BCUT2D eigenvalue weighted by Gasteiger charge is -2.39. The highest BCUT2D eigenvalue weighted by Gasteiger charge is 2.28. The Morgan fingerprint density at radius 1 is 1.47 bits per heavy atom. The molecule has 1 aliphatic heterocycles. The average molecular weight is 252 g/mol. The number of nitrogens with two attached hydrogens (primary N) is 1. The summed E-state index contributed by atoms with van der Waals surface area (Å²) in [6.45, 7) is 8.17. The standard InChI is InChI=1S/C14H24N2S/c1-3-14(2)6-8-16(9-7-14)11-12(15)13-5-4-10-17-13/h4-5,10,12H,3,6-9,11,15H2,1-2H3. The van der Waals surface area contributed by atoms with Gasteiger partial charge in [0.2, 0.25) is 0 Å². The van der Waals surface area contributed by atoms with E-state index in [0.29, 0.717) is 5.41 Å². The minimum Gasteiger partial charge on any atom is -0.322 e. The number of nitrogens with zero attached hydrogens (tertiary/aromatic N) is 1. The number of piperidine rings is 1. The van der Waals surface area contributed by atoms with Crippen LogP contribution in [0.5, 0.6) is 0 Å². The van der Waals surface area contributed by atoms with Gasteiger partial charge in [-0.25, -0.2) is 0 Å². The first kappa shape index (κ1) is 13.1. The summed E-state index contributed by atoms with van der Waals surface area (Å²) in [5.74, 6) is 0. The summed E-state index contributed by atoms with van der Waals surface area (Å²) < 4.78 is 0. The molecule has 2 nitrogen and oxygen atoms in total. The van der Waals surface area contributed by atoms with Gasteiger partial charge in [-0.2, -0.15) is 0 Å². The second kappa shape index (κ2) is 5.51. The first-order valence-corrected chi connectivity index (χ1v) is 7.52. The minimum atomic E-state index is 0.195. The number of thiophene rings is 1. The van der Waals surface area contributed by atoms with Crippen molar-refractivity contribution in [3.05, 3.63) is 22.4 Å². The van der Waals surface area contributed by atoms with E-state index in [9.17, 15) is 0 Å². The van der Waals surface area contributed by atoms with Crippen molar-refractivity contribution < 1.29 is 0 Å². The number of likely N-dealkylation sites (tertiary alicyclic amines) is 1. The SMILES string of the molecule is CCC1(C)CCN(CC(N)c2cccs2)CC1. The normalized spacial score (nSPS) is 22.5. The van der Waals surface area contributed by atoms with Gasteiger partial charge in [0.25, 0.3) is 0 Å². The molecule has 0 bridgehead atoms. The zero-order valence-electron chi connectivity index (χ0n) is 11.0. The van der Waals surface area contributed by atoms with E-state index in [1.807, 2.05) is 0 Å².